The van der Waals surface area contributed by atoms with Crippen molar-refractivity contribution in [1.82, 2.24) is 5.32 Å². The molecule has 0 aromatic carbocycles. The number of nitrogens with zero attached hydrogens (tertiary/aromatic N) is 1. The van der Waals surface area contributed by atoms with Crippen molar-refractivity contribution in [3.05, 3.63) is 0 Å². The lowest BCUT2D eigenvalue weighted by Crippen LogP contribution is -2.29. The molecule has 0 spiro atoms. The molecule has 1 aliphatic carbocycles. The van der Waals surface area contributed by atoms with Crippen LogP contribution in [0, 0.1) is 23.2 Å². The van der Waals surface area contributed by atoms with Gasteiger partial charge in [-0.15, -0.1) is 0 Å². The van der Waals surface area contributed by atoms with E-state index in [1.165, 1.54) is 32.1 Å². The van der Waals surface area contributed by atoms with Crippen LogP contribution >= 0.6 is 0 Å². The minimum Gasteiger partial charge on any atom is -0.313 e. The summed E-state index contributed by atoms with van der Waals surface area (Å²) < 4.78 is 0. The Morgan fingerprint density at radius 3 is 2.73 bits per heavy atom. The molecule has 0 heterocycles. The van der Waals surface area contributed by atoms with Crippen LogP contribution in [0.4, 0.5) is 0 Å². The zero-order valence-corrected chi connectivity index (χ0v) is 10.1. The molecule has 0 aromatic rings. The smallest absolute Gasteiger partial charge is 0.0635 e. The third kappa shape index (κ3) is 4.66. The van der Waals surface area contributed by atoms with Crippen LogP contribution in [-0.2, 0) is 0 Å². The Morgan fingerprint density at radius 2 is 2.07 bits per heavy atom. The van der Waals surface area contributed by atoms with Crippen molar-refractivity contribution in [3.63, 3.8) is 0 Å². The van der Waals surface area contributed by atoms with Crippen molar-refractivity contribution < 1.29 is 0 Å². The molecule has 2 unspecified atom stereocenters. The molecule has 2 nitrogen and oxygen atoms in total. The molecular weight excluding hydrogens is 184 g/mol. The third-order valence-corrected chi connectivity index (χ3v) is 3.63. The molecule has 0 saturated heterocycles. The van der Waals surface area contributed by atoms with Gasteiger partial charge in [0.25, 0.3) is 0 Å². The number of hydrogen-bond acceptors (Lipinski definition) is 2. The van der Waals surface area contributed by atoms with Crippen molar-refractivity contribution in [2.24, 2.45) is 11.8 Å². The highest BCUT2D eigenvalue weighted by Crippen LogP contribution is 2.28. The maximum Gasteiger partial charge on any atom is 0.0635 e. The second kappa shape index (κ2) is 6.85. The summed E-state index contributed by atoms with van der Waals surface area (Å²) in [5.74, 6) is 1.76. The van der Waals surface area contributed by atoms with Crippen molar-refractivity contribution in [2.75, 3.05) is 6.54 Å². The lowest BCUT2D eigenvalue weighted by molar-refractivity contribution is 0.338. The van der Waals surface area contributed by atoms with Gasteiger partial charge in [0, 0.05) is 19.0 Å². The Kier molecular flexibility index (Phi) is 5.71. The highest BCUT2D eigenvalue weighted by molar-refractivity contribution is 4.78. The summed E-state index contributed by atoms with van der Waals surface area (Å²) in [7, 11) is 0. The zero-order chi connectivity index (χ0) is 11.1. The molecule has 1 fully saturated rings. The number of nitriles is 1. The number of rotatable bonds is 4. The predicted octanol–water partition coefficient (Wildman–Crippen LogP) is 3.09. The number of hydrogen-bond donors (Lipinski definition) is 1. The Bertz CT molecular complexity index is 205. The SMILES string of the molecule is CC(C)C1CCCC(NCCC#N)CC1. The normalized spacial score (nSPS) is 27.3. The van der Waals surface area contributed by atoms with Gasteiger partial charge in [-0.2, -0.15) is 5.26 Å². The lowest BCUT2D eigenvalue weighted by Gasteiger charge is -2.18. The van der Waals surface area contributed by atoms with E-state index in [0.29, 0.717) is 12.5 Å². The summed E-state index contributed by atoms with van der Waals surface area (Å²) >= 11 is 0. The molecule has 15 heavy (non-hydrogen) atoms. The van der Waals surface area contributed by atoms with Gasteiger partial charge in [0.2, 0.25) is 0 Å². The lowest BCUT2D eigenvalue weighted by atomic mass is 9.89. The highest BCUT2D eigenvalue weighted by atomic mass is 14.9. The van der Waals surface area contributed by atoms with E-state index in [-0.39, 0.29) is 0 Å². The molecule has 0 amide bonds. The van der Waals surface area contributed by atoms with E-state index in [1.54, 1.807) is 0 Å². The van der Waals surface area contributed by atoms with Crippen LogP contribution in [0.1, 0.15) is 52.4 Å². The predicted molar refractivity (Wildman–Crippen MR) is 63.4 cm³/mol. The van der Waals surface area contributed by atoms with E-state index in [1.807, 2.05) is 0 Å². The maximum atomic E-state index is 8.48. The first-order valence-corrected chi connectivity index (χ1v) is 6.34. The Hall–Kier alpha value is -0.550. The number of nitrogens with one attached hydrogen (secondary N) is 1. The Balaban J connectivity index is 2.24. The molecule has 0 aliphatic heterocycles. The fourth-order valence-electron chi connectivity index (χ4n) is 2.53. The first-order chi connectivity index (χ1) is 7.24. The second-order valence-corrected chi connectivity index (χ2v) is 5.07. The minimum absolute atomic E-state index is 0.643. The summed E-state index contributed by atoms with van der Waals surface area (Å²) in [6.45, 7) is 5.55. The Morgan fingerprint density at radius 1 is 1.27 bits per heavy atom. The second-order valence-electron chi connectivity index (χ2n) is 5.07. The van der Waals surface area contributed by atoms with Gasteiger partial charge in [-0.05, 0) is 31.1 Å². The third-order valence-electron chi connectivity index (χ3n) is 3.63. The summed E-state index contributed by atoms with van der Waals surface area (Å²) in [4.78, 5) is 0. The van der Waals surface area contributed by atoms with E-state index >= 15 is 0 Å². The largest absolute Gasteiger partial charge is 0.313 e. The van der Waals surface area contributed by atoms with E-state index in [0.717, 1.165) is 18.4 Å². The monoisotopic (exact) mass is 208 g/mol. The fourth-order valence-corrected chi connectivity index (χ4v) is 2.53. The highest BCUT2D eigenvalue weighted by Gasteiger charge is 2.20. The average molecular weight is 208 g/mol. The van der Waals surface area contributed by atoms with Crippen molar-refractivity contribution in [2.45, 2.75) is 58.4 Å². The Labute approximate surface area is 94.1 Å². The molecule has 0 radical (unpaired) electrons. The first kappa shape index (κ1) is 12.5. The van der Waals surface area contributed by atoms with Gasteiger partial charge in [-0.25, -0.2) is 0 Å². The van der Waals surface area contributed by atoms with E-state index in [2.05, 4.69) is 25.2 Å². The van der Waals surface area contributed by atoms with Crippen LogP contribution in [-0.4, -0.2) is 12.6 Å². The zero-order valence-electron chi connectivity index (χ0n) is 10.1. The van der Waals surface area contributed by atoms with Crippen molar-refractivity contribution >= 4 is 0 Å². The molecule has 2 atom stereocenters. The summed E-state index contributed by atoms with van der Waals surface area (Å²) in [6.07, 6.45) is 7.36. The summed E-state index contributed by atoms with van der Waals surface area (Å²) in [5.41, 5.74) is 0. The van der Waals surface area contributed by atoms with Crippen LogP contribution in [0.25, 0.3) is 0 Å². The van der Waals surface area contributed by atoms with E-state index < -0.39 is 0 Å². The van der Waals surface area contributed by atoms with Gasteiger partial charge in [-0.1, -0.05) is 26.7 Å². The van der Waals surface area contributed by atoms with Crippen LogP contribution in [0.15, 0.2) is 0 Å². The van der Waals surface area contributed by atoms with Crippen molar-refractivity contribution in [3.8, 4) is 6.07 Å². The quantitative estimate of drug-likeness (QED) is 0.569. The van der Waals surface area contributed by atoms with Gasteiger partial charge in [0.15, 0.2) is 0 Å². The molecule has 1 aliphatic rings. The molecule has 0 bridgehead atoms. The minimum atomic E-state index is 0.643. The van der Waals surface area contributed by atoms with E-state index in [9.17, 15) is 0 Å². The topological polar surface area (TPSA) is 35.8 Å². The van der Waals surface area contributed by atoms with E-state index in [4.69, 9.17) is 5.26 Å². The molecule has 2 heteroatoms. The fraction of sp³-hybridized carbons (Fsp3) is 0.923. The van der Waals surface area contributed by atoms with Crippen LogP contribution in [0.3, 0.4) is 0 Å². The molecule has 1 N–H and O–H groups in total. The molecule has 0 aromatic heterocycles. The van der Waals surface area contributed by atoms with Gasteiger partial charge >= 0.3 is 0 Å². The molecule has 1 rings (SSSR count). The van der Waals surface area contributed by atoms with Gasteiger partial charge in [-0.3, -0.25) is 0 Å². The van der Waals surface area contributed by atoms with Gasteiger partial charge in [0.05, 0.1) is 6.07 Å². The van der Waals surface area contributed by atoms with Crippen LogP contribution in [0.5, 0.6) is 0 Å². The molecule has 86 valence electrons. The summed E-state index contributed by atoms with van der Waals surface area (Å²) in [5, 5.41) is 12.0. The molecule has 1 saturated carbocycles. The standard InChI is InChI=1S/C13H24N2/c1-11(2)12-5-3-6-13(8-7-12)15-10-4-9-14/h11-13,15H,3-8,10H2,1-2H3. The van der Waals surface area contributed by atoms with Crippen LogP contribution in [0.2, 0.25) is 0 Å². The summed E-state index contributed by atoms with van der Waals surface area (Å²) in [6, 6.07) is 2.86. The first-order valence-electron chi connectivity index (χ1n) is 6.34. The average Bonchev–Trinajstić information content (AvgIpc) is 2.44. The van der Waals surface area contributed by atoms with Gasteiger partial charge < -0.3 is 5.32 Å². The maximum absolute atomic E-state index is 8.48. The van der Waals surface area contributed by atoms with Crippen LogP contribution < -0.4 is 5.32 Å². The molecular formula is C13H24N2. The van der Waals surface area contributed by atoms with Crippen molar-refractivity contribution in [1.29, 1.82) is 5.26 Å². The van der Waals surface area contributed by atoms with Gasteiger partial charge in [0.1, 0.15) is 0 Å².